The largest absolute Gasteiger partial charge is 0.416 e. The summed E-state index contributed by atoms with van der Waals surface area (Å²) in [5, 5.41) is 0. The maximum atomic E-state index is 14.7. The van der Waals surface area contributed by atoms with Gasteiger partial charge in [0.05, 0.1) is 17.6 Å². The van der Waals surface area contributed by atoms with Crippen LogP contribution in [0, 0.1) is 0 Å². The first-order chi connectivity index (χ1) is 17.7. The first-order valence-electron chi connectivity index (χ1n) is 13.0. The van der Waals surface area contributed by atoms with Gasteiger partial charge in [-0.3, -0.25) is 4.79 Å². The lowest BCUT2D eigenvalue weighted by Crippen LogP contribution is -2.55. The summed E-state index contributed by atoms with van der Waals surface area (Å²) >= 11 is 0. The molecular formula is C29H37F4N3O2. The molecule has 1 aliphatic rings. The molecule has 9 heteroatoms. The molecule has 3 amide bonds. The van der Waals surface area contributed by atoms with E-state index in [2.05, 4.69) is 0 Å². The number of piperazine rings is 1. The summed E-state index contributed by atoms with van der Waals surface area (Å²) in [4.78, 5) is 31.2. The number of carbonyl (C=O) groups is 2. The Hall–Kier alpha value is -3.10. The fourth-order valence-corrected chi connectivity index (χ4v) is 4.90. The van der Waals surface area contributed by atoms with Crippen molar-refractivity contribution in [2.45, 2.75) is 71.4 Å². The number of rotatable bonds is 6. The van der Waals surface area contributed by atoms with Crippen molar-refractivity contribution < 1.29 is 27.2 Å². The molecular weight excluding hydrogens is 498 g/mol. The second-order valence-electron chi connectivity index (χ2n) is 10.3. The molecule has 0 aliphatic carbocycles. The minimum Gasteiger partial charge on any atom is -0.339 e. The van der Waals surface area contributed by atoms with Crippen LogP contribution in [-0.2, 0) is 23.1 Å². The third-order valence-electron chi connectivity index (χ3n) is 7.41. The highest BCUT2D eigenvalue weighted by molar-refractivity contribution is 5.78. The van der Waals surface area contributed by atoms with Gasteiger partial charge in [0.1, 0.15) is 5.67 Å². The van der Waals surface area contributed by atoms with E-state index >= 15 is 0 Å². The van der Waals surface area contributed by atoms with Crippen LogP contribution in [0.3, 0.4) is 0 Å². The monoisotopic (exact) mass is 535 g/mol. The van der Waals surface area contributed by atoms with Crippen LogP contribution >= 0.6 is 0 Å². The Labute approximate surface area is 222 Å². The maximum absolute atomic E-state index is 14.7. The minimum absolute atomic E-state index is 0.00290. The van der Waals surface area contributed by atoms with Crippen LogP contribution in [0.25, 0.3) is 0 Å². The molecule has 3 rings (SSSR count). The first kappa shape index (κ1) is 29.5. The van der Waals surface area contributed by atoms with E-state index in [1.807, 2.05) is 31.2 Å². The molecule has 208 valence electrons. The van der Waals surface area contributed by atoms with E-state index in [-0.39, 0.29) is 29.6 Å². The fourth-order valence-electron chi connectivity index (χ4n) is 4.90. The van der Waals surface area contributed by atoms with E-state index in [9.17, 15) is 27.2 Å². The van der Waals surface area contributed by atoms with Crippen molar-refractivity contribution in [2.75, 3.05) is 26.7 Å². The first-order valence-corrected chi connectivity index (χ1v) is 13.0. The number of benzene rings is 2. The summed E-state index contributed by atoms with van der Waals surface area (Å²) in [6.07, 6.45) is -3.56. The molecule has 0 unspecified atom stereocenters. The number of aryl methyl sites for hydroxylation is 1. The third kappa shape index (κ3) is 6.30. The Balaban J connectivity index is 1.98. The van der Waals surface area contributed by atoms with Crippen LogP contribution < -0.4 is 0 Å². The van der Waals surface area contributed by atoms with Gasteiger partial charge in [-0.05, 0) is 61.6 Å². The highest BCUT2D eigenvalue weighted by atomic mass is 19.4. The molecule has 38 heavy (non-hydrogen) atoms. The lowest BCUT2D eigenvalue weighted by Gasteiger charge is -2.44. The van der Waals surface area contributed by atoms with Gasteiger partial charge in [0, 0.05) is 33.1 Å². The van der Waals surface area contributed by atoms with E-state index in [4.69, 9.17) is 0 Å². The Morgan fingerprint density at radius 2 is 1.66 bits per heavy atom. The molecule has 1 heterocycles. The molecule has 0 saturated carbocycles. The van der Waals surface area contributed by atoms with Gasteiger partial charge in [0.15, 0.2) is 0 Å². The molecule has 1 saturated heterocycles. The quantitative estimate of drug-likeness (QED) is 0.379. The number of hydrogen-bond donors (Lipinski definition) is 0. The van der Waals surface area contributed by atoms with Crippen LogP contribution in [0.4, 0.5) is 22.4 Å². The summed E-state index contributed by atoms with van der Waals surface area (Å²) < 4.78 is 55.7. The van der Waals surface area contributed by atoms with Gasteiger partial charge in [-0.1, -0.05) is 44.2 Å². The van der Waals surface area contributed by atoms with Gasteiger partial charge < -0.3 is 14.7 Å². The maximum Gasteiger partial charge on any atom is 0.416 e. The summed E-state index contributed by atoms with van der Waals surface area (Å²) in [6, 6.07) is 9.43. The van der Waals surface area contributed by atoms with Gasteiger partial charge in [-0.15, -0.1) is 0 Å². The fraction of sp³-hybridized carbons (Fsp3) is 0.517. The Morgan fingerprint density at radius 1 is 1.03 bits per heavy atom. The van der Waals surface area contributed by atoms with Crippen molar-refractivity contribution in [3.63, 3.8) is 0 Å². The summed E-state index contributed by atoms with van der Waals surface area (Å²) in [7, 11) is 1.54. The van der Waals surface area contributed by atoms with Gasteiger partial charge in [0.2, 0.25) is 5.91 Å². The Morgan fingerprint density at radius 3 is 2.24 bits per heavy atom. The SMILES string of the molecule is CCC(=O)N1CCN(C(=O)N(C)[C@H](C)c2cc(C(C)(C)F)cc(C(F)(F)F)c2)[C@@H](c2ccccc2CC)C1. The van der Waals surface area contributed by atoms with Gasteiger partial charge in [-0.2, -0.15) is 13.2 Å². The number of halogens is 4. The van der Waals surface area contributed by atoms with Crippen LogP contribution in [0.2, 0.25) is 0 Å². The van der Waals surface area contributed by atoms with Crippen LogP contribution in [0.15, 0.2) is 42.5 Å². The number of hydrogen-bond acceptors (Lipinski definition) is 2. The molecule has 2 aromatic carbocycles. The van der Waals surface area contributed by atoms with Crippen LogP contribution in [-0.4, -0.2) is 53.3 Å². The van der Waals surface area contributed by atoms with Crippen LogP contribution in [0.5, 0.6) is 0 Å². The highest BCUT2D eigenvalue weighted by Gasteiger charge is 2.38. The van der Waals surface area contributed by atoms with E-state index in [0.717, 1.165) is 29.7 Å². The van der Waals surface area contributed by atoms with Crippen molar-refractivity contribution in [3.8, 4) is 0 Å². The zero-order valence-electron chi connectivity index (χ0n) is 22.9. The topological polar surface area (TPSA) is 43.9 Å². The molecule has 2 atom stereocenters. The number of carbonyl (C=O) groups excluding carboxylic acids is 2. The second-order valence-corrected chi connectivity index (χ2v) is 10.3. The predicted molar refractivity (Wildman–Crippen MR) is 139 cm³/mol. The average Bonchev–Trinajstić information content (AvgIpc) is 2.89. The van der Waals surface area contributed by atoms with E-state index in [1.54, 1.807) is 30.7 Å². The molecule has 1 aliphatic heterocycles. The summed E-state index contributed by atoms with van der Waals surface area (Å²) in [5.74, 6) is 0.00290. The van der Waals surface area contributed by atoms with E-state index in [1.165, 1.54) is 24.8 Å². The molecule has 0 spiro atoms. The average molecular weight is 536 g/mol. The highest BCUT2D eigenvalue weighted by Crippen LogP contribution is 2.37. The summed E-state index contributed by atoms with van der Waals surface area (Å²) in [5.41, 5.74) is -0.846. The number of urea groups is 1. The van der Waals surface area contributed by atoms with Crippen LogP contribution in [0.1, 0.15) is 80.9 Å². The van der Waals surface area contributed by atoms with Gasteiger partial charge in [-0.25, -0.2) is 9.18 Å². The van der Waals surface area contributed by atoms with Gasteiger partial charge >= 0.3 is 12.2 Å². The molecule has 0 aromatic heterocycles. The smallest absolute Gasteiger partial charge is 0.339 e. The van der Waals surface area contributed by atoms with Crippen molar-refractivity contribution >= 4 is 11.9 Å². The van der Waals surface area contributed by atoms with Crippen molar-refractivity contribution in [1.82, 2.24) is 14.7 Å². The van der Waals surface area contributed by atoms with Crippen molar-refractivity contribution in [2.24, 2.45) is 0 Å². The standard InChI is InChI=1S/C29H37F4N3O2/c1-7-20-11-9-10-12-24(20)25-18-35(26(37)8-2)13-14-36(25)27(38)34(6)19(3)21-15-22(28(4,5)30)17-23(16-21)29(31,32)33/h9-12,15-17,19,25H,7-8,13-14,18H2,1-6H3/t19-,25-/m1/s1. The number of alkyl halides is 4. The Bertz CT molecular complexity index is 1130. The zero-order chi connectivity index (χ0) is 28.4. The van der Waals surface area contributed by atoms with Crippen molar-refractivity contribution in [1.29, 1.82) is 0 Å². The molecule has 0 N–H and O–H groups in total. The minimum atomic E-state index is -4.66. The molecule has 0 radical (unpaired) electrons. The van der Waals surface area contributed by atoms with Crippen molar-refractivity contribution in [3.05, 3.63) is 70.3 Å². The molecule has 2 aromatic rings. The summed E-state index contributed by atoms with van der Waals surface area (Å²) in [6.45, 7) is 8.86. The second kappa shape index (κ2) is 11.3. The Kier molecular flexibility index (Phi) is 8.79. The number of nitrogens with zero attached hydrogens (tertiary/aromatic N) is 3. The predicted octanol–water partition coefficient (Wildman–Crippen LogP) is 6.88. The van der Waals surface area contributed by atoms with E-state index < -0.39 is 29.5 Å². The van der Waals surface area contributed by atoms with Gasteiger partial charge in [0.25, 0.3) is 0 Å². The zero-order valence-corrected chi connectivity index (χ0v) is 22.9. The molecule has 1 fully saturated rings. The molecule has 0 bridgehead atoms. The van der Waals surface area contributed by atoms with E-state index in [0.29, 0.717) is 19.5 Å². The normalized spacial score (nSPS) is 17.4. The molecule has 5 nitrogen and oxygen atoms in total. The lowest BCUT2D eigenvalue weighted by atomic mass is 9.92. The lowest BCUT2D eigenvalue weighted by molar-refractivity contribution is -0.137. The third-order valence-corrected chi connectivity index (χ3v) is 7.41. The number of amides is 3.